The number of fused-ring (bicyclic) bond motifs is 1. The number of benzene rings is 2. The number of nitrogens with zero attached hydrogens (tertiary/aromatic N) is 4. The van der Waals surface area contributed by atoms with Crippen LogP contribution < -0.4 is 21.1 Å². The van der Waals surface area contributed by atoms with E-state index in [9.17, 15) is 13.2 Å². The maximum atomic E-state index is 11.7. The zero-order valence-corrected chi connectivity index (χ0v) is 22.6. The van der Waals surface area contributed by atoms with E-state index in [0.29, 0.717) is 23.3 Å². The predicted molar refractivity (Wildman–Crippen MR) is 151 cm³/mol. The fourth-order valence-corrected chi connectivity index (χ4v) is 5.30. The minimum absolute atomic E-state index is 0.172. The zero-order chi connectivity index (χ0) is 27.6. The number of hydrogen-bond donors (Lipinski definition) is 3. The topological polar surface area (TPSA) is 144 Å². The summed E-state index contributed by atoms with van der Waals surface area (Å²) < 4.78 is 30.9. The van der Waals surface area contributed by atoms with Crippen molar-refractivity contribution in [2.75, 3.05) is 49.5 Å². The Bertz CT molecular complexity index is 1620. The van der Waals surface area contributed by atoms with Gasteiger partial charge in [0.15, 0.2) is 9.84 Å². The third kappa shape index (κ3) is 6.13. The normalized spacial score (nSPS) is 15.9. The molecule has 3 heterocycles. The summed E-state index contributed by atoms with van der Waals surface area (Å²) >= 11 is 0. The van der Waals surface area contributed by atoms with Gasteiger partial charge in [0, 0.05) is 24.1 Å². The molecule has 1 aliphatic rings. The molecule has 2 aromatic heterocycles. The van der Waals surface area contributed by atoms with E-state index >= 15 is 0 Å². The summed E-state index contributed by atoms with van der Waals surface area (Å²) in [6.07, 6.45) is 3.85. The molecule has 39 heavy (non-hydrogen) atoms. The summed E-state index contributed by atoms with van der Waals surface area (Å²) in [5.41, 5.74) is 10.3. The minimum atomic E-state index is -3.20. The number of aromatic nitrogens is 3. The fraction of sp³-hybridized carbons (Fsp3) is 0.296. The molecule has 11 nitrogen and oxygen atoms in total. The van der Waals surface area contributed by atoms with Crippen LogP contribution in [0.25, 0.3) is 16.8 Å². The third-order valence-electron chi connectivity index (χ3n) is 6.72. The highest BCUT2D eigenvalue weighted by molar-refractivity contribution is 7.90. The standard InChI is InChI=1S/C27H31N7O4S/c1-38-25-13-18(19-11-12-33(15-19)16-26(28)35)7-9-23(25)31-27-29-14-20-8-10-24(34(20)32-27)21-5-3-4-6-22(21)30-17-39(2,36)37/h3-10,13-14,19,30H,11-12,15-17H2,1-2H3,(H2,28,35)(H,31,32). The van der Waals surface area contributed by atoms with Crippen LogP contribution in [-0.4, -0.2) is 72.7 Å². The largest absolute Gasteiger partial charge is 0.495 e. The van der Waals surface area contributed by atoms with Crippen molar-refractivity contribution in [1.82, 2.24) is 19.5 Å². The van der Waals surface area contributed by atoms with Crippen molar-refractivity contribution in [1.29, 1.82) is 0 Å². The van der Waals surface area contributed by atoms with Gasteiger partial charge in [-0.1, -0.05) is 24.3 Å². The van der Waals surface area contributed by atoms with Crippen LogP contribution >= 0.6 is 0 Å². The van der Waals surface area contributed by atoms with Gasteiger partial charge in [0.1, 0.15) is 11.6 Å². The molecule has 12 heteroatoms. The van der Waals surface area contributed by atoms with E-state index in [1.54, 1.807) is 17.8 Å². The summed E-state index contributed by atoms with van der Waals surface area (Å²) in [6, 6.07) is 17.3. The van der Waals surface area contributed by atoms with E-state index < -0.39 is 9.84 Å². The minimum Gasteiger partial charge on any atom is -0.495 e. The van der Waals surface area contributed by atoms with Gasteiger partial charge < -0.3 is 21.1 Å². The van der Waals surface area contributed by atoms with Gasteiger partial charge in [-0.05, 0) is 54.8 Å². The number of para-hydroxylation sites is 1. The van der Waals surface area contributed by atoms with Crippen LogP contribution in [0.15, 0.2) is 60.8 Å². The maximum Gasteiger partial charge on any atom is 0.245 e. The highest BCUT2D eigenvalue weighted by atomic mass is 32.2. The van der Waals surface area contributed by atoms with Crippen LogP contribution in [0, 0.1) is 0 Å². The van der Waals surface area contributed by atoms with Crippen molar-refractivity contribution in [3.8, 4) is 17.0 Å². The Balaban J connectivity index is 1.40. The van der Waals surface area contributed by atoms with Gasteiger partial charge in [-0.2, -0.15) is 0 Å². The van der Waals surface area contributed by atoms with Crippen molar-refractivity contribution < 1.29 is 17.9 Å². The Labute approximate surface area is 226 Å². The number of ether oxygens (including phenoxy) is 1. The van der Waals surface area contributed by atoms with Crippen molar-refractivity contribution in [2.24, 2.45) is 5.73 Å². The van der Waals surface area contributed by atoms with Crippen LogP contribution in [0.1, 0.15) is 17.9 Å². The molecule has 1 saturated heterocycles. The molecule has 0 spiro atoms. The first kappa shape index (κ1) is 26.4. The number of nitrogens with two attached hydrogens (primary N) is 1. The number of nitrogens with one attached hydrogen (secondary N) is 2. The van der Waals surface area contributed by atoms with Gasteiger partial charge in [-0.15, -0.1) is 5.10 Å². The monoisotopic (exact) mass is 549 g/mol. The Hall–Kier alpha value is -4.16. The van der Waals surface area contributed by atoms with Gasteiger partial charge in [0.05, 0.1) is 36.7 Å². The molecule has 1 amide bonds. The number of carbonyl (C=O) groups is 1. The number of methoxy groups -OCH3 is 1. The van der Waals surface area contributed by atoms with Crippen LogP contribution in [0.3, 0.4) is 0 Å². The number of anilines is 3. The van der Waals surface area contributed by atoms with Crippen LogP contribution in [0.5, 0.6) is 5.75 Å². The molecule has 1 fully saturated rings. The fourth-order valence-electron chi connectivity index (χ4n) is 4.89. The number of rotatable bonds is 10. The number of likely N-dealkylation sites (tertiary alicyclic amines) is 1. The molecule has 204 valence electrons. The number of sulfone groups is 1. The van der Waals surface area contributed by atoms with Crippen LogP contribution in [-0.2, 0) is 14.6 Å². The Kier molecular flexibility index (Phi) is 7.40. The van der Waals surface area contributed by atoms with Crippen molar-refractivity contribution >= 4 is 38.6 Å². The lowest BCUT2D eigenvalue weighted by molar-refractivity contribution is -0.118. The zero-order valence-electron chi connectivity index (χ0n) is 21.8. The predicted octanol–water partition coefficient (Wildman–Crippen LogP) is 2.84. The smallest absolute Gasteiger partial charge is 0.245 e. The highest BCUT2D eigenvalue weighted by Crippen LogP contribution is 2.34. The first-order valence-electron chi connectivity index (χ1n) is 12.5. The van der Waals surface area contributed by atoms with Crippen molar-refractivity contribution in [2.45, 2.75) is 12.3 Å². The number of primary amides is 1. The van der Waals surface area contributed by atoms with Gasteiger partial charge in [-0.3, -0.25) is 9.69 Å². The molecule has 4 aromatic rings. The summed E-state index contributed by atoms with van der Waals surface area (Å²) in [5.74, 6) is 0.839. The number of amides is 1. The molecule has 0 aliphatic carbocycles. The van der Waals surface area contributed by atoms with E-state index in [4.69, 9.17) is 15.6 Å². The molecule has 4 N–H and O–H groups in total. The SMILES string of the molecule is COc1cc(C2CCN(CC(N)=O)C2)ccc1Nc1ncc2ccc(-c3ccccc3NCS(C)(=O)=O)n2n1. The van der Waals surface area contributed by atoms with Crippen molar-refractivity contribution in [3.63, 3.8) is 0 Å². The Morgan fingerprint density at radius 2 is 1.97 bits per heavy atom. The van der Waals surface area contributed by atoms with Gasteiger partial charge in [-0.25, -0.2) is 17.9 Å². The second-order valence-corrected chi connectivity index (χ2v) is 11.8. The average Bonchev–Trinajstić information content (AvgIpc) is 3.54. The van der Waals surface area contributed by atoms with E-state index in [-0.39, 0.29) is 18.3 Å². The highest BCUT2D eigenvalue weighted by Gasteiger charge is 2.25. The number of carbonyl (C=O) groups excluding carboxylic acids is 1. The lowest BCUT2D eigenvalue weighted by Gasteiger charge is -2.16. The second-order valence-electron chi connectivity index (χ2n) is 9.70. The summed E-state index contributed by atoms with van der Waals surface area (Å²) in [6.45, 7) is 1.87. The van der Waals surface area contributed by atoms with Gasteiger partial charge in [0.2, 0.25) is 11.9 Å². The van der Waals surface area contributed by atoms with Crippen LogP contribution in [0.2, 0.25) is 0 Å². The number of hydrogen-bond acceptors (Lipinski definition) is 9. The maximum absolute atomic E-state index is 11.7. The molecule has 1 atom stereocenters. The van der Waals surface area contributed by atoms with Crippen molar-refractivity contribution in [3.05, 3.63) is 66.4 Å². The van der Waals surface area contributed by atoms with Crippen LogP contribution in [0.4, 0.5) is 17.3 Å². The van der Waals surface area contributed by atoms with E-state index in [2.05, 4.69) is 20.5 Å². The van der Waals surface area contributed by atoms with Gasteiger partial charge in [0.25, 0.3) is 0 Å². The lowest BCUT2D eigenvalue weighted by atomic mass is 9.98. The summed E-state index contributed by atoms with van der Waals surface area (Å²) in [5, 5.41) is 11.0. The average molecular weight is 550 g/mol. The molecule has 1 aliphatic heterocycles. The third-order valence-corrected chi connectivity index (χ3v) is 7.39. The first-order valence-corrected chi connectivity index (χ1v) is 14.6. The van der Waals surface area contributed by atoms with E-state index in [1.807, 2.05) is 54.6 Å². The molecule has 2 aromatic carbocycles. The van der Waals surface area contributed by atoms with Gasteiger partial charge >= 0.3 is 0 Å². The Morgan fingerprint density at radius 3 is 2.74 bits per heavy atom. The van der Waals surface area contributed by atoms with E-state index in [0.717, 1.165) is 47.5 Å². The van der Waals surface area contributed by atoms with E-state index in [1.165, 1.54) is 6.26 Å². The molecule has 0 radical (unpaired) electrons. The molecule has 0 saturated carbocycles. The lowest BCUT2D eigenvalue weighted by Crippen LogP contribution is -2.31. The first-order chi connectivity index (χ1) is 18.7. The molecule has 5 rings (SSSR count). The summed E-state index contributed by atoms with van der Waals surface area (Å²) in [7, 11) is -1.58. The molecular weight excluding hydrogens is 518 g/mol. The summed E-state index contributed by atoms with van der Waals surface area (Å²) in [4.78, 5) is 17.8. The Morgan fingerprint density at radius 1 is 1.15 bits per heavy atom. The quantitative estimate of drug-likeness (QED) is 0.272. The second kappa shape index (κ2) is 10.9. The molecule has 1 unspecified atom stereocenters. The molecule has 0 bridgehead atoms. The molecular formula is C27H31N7O4S.